The molecule has 0 bridgehead atoms. The Morgan fingerprint density at radius 1 is 1.33 bits per heavy atom. The SMILES string of the molecule is CC(NC(=O)Nc1c(Cl)cc(Br)cc1Cl)C(=O)O. The summed E-state index contributed by atoms with van der Waals surface area (Å²) in [6, 6.07) is 1.40. The zero-order valence-electron chi connectivity index (χ0n) is 9.13. The van der Waals surface area contributed by atoms with E-state index in [9.17, 15) is 9.59 Å². The molecule has 18 heavy (non-hydrogen) atoms. The van der Waals surface area contributed by atoms with Crippen molar-refractivity contribution in [1.82, 2.24) is 5.32 Å². The number of benzene rings is 1. The van der Waals surface area contributed by atoms with E-state index in [0.29, 0.717) is 4.47 Å². The summed E-state index contributed by atoms with van der Waals surface area (Å²) < 4.78 is 0.669. The van der Waals surface area contributed by atoms with Crippen LogP contribution in [-0.2, 0) is 4.79 Å². The maximum absolute atomic E-state index is 11.5. The second kappa shape index (κ2) is 6.26. The van der Waals surface area contributed by atoms with Crippen molar-refractivity contribution in [3.8, 4) is 0 Å². The molecule has 0 heterocycles. The van der Waals surface area contributed by atoms with E-state index < -0.39 is 18.0 Å². The van der Waals surface area contributed by atoms with Gasteiger partial charge in [-0.15, -0.1) is 0 Å². The third-order valence-electron chi connectivity index (χ3n) is 1.96. The molecule has 0 aliphatic carbocycles. The van der Waals surface area contributed by atoms with E-state index in [2.05, 4.69) is 26.6 Å². The minimum absolute atomic E-state index is 0.219. The van der Waals surface area contributed by atoms with Gasteiger partial charge in [0.1, 0.15) is 6.04 Å². The van der Waals surface area contributed by atoms with Gasteiger partial charge >= 0.3 is 12.0 Å². The summed E-state index contributed by atoms with van der Waals surface area (Å²) in [6.45, 7) is 1.34. The van der Waals surface area contributed by atoms with Gasteiger partial charge in [0.25, 0.3) is 0 Å². The van der Waals surface area contributed by atoms with E-state index in [-0.39, 0.29) is 15.7 Å². The molecule has 1 rings (SSSR count). The summed E-state index contributed by atoms with van der Waals surface area (Å²) in [5.74, 6) is -1.14. The van der Waals surface area contributed by atoms with Crippen LogP contribution in [0.2, 0.25) is 10.0 Å². The van der Waals surface area contributed by atoms with Crippen LogP contribution >= 0.6 is 39.1 Å². The number of urea groups is 1. The topological polar surface area (TPSA) is 78.4 Å². The average Bonchev–Trinajstić information content (AvgIpc) is 2.23. The molecule has 0 spiro atoms. The lowest BCUT2D eigenvalue weighted by Crippen LogP contribution is -2.40. The van der Waals surface area contributed by atoms with Gasteiger partial charge in [0.2, 0.25) is 0 Å². The molecule has 1 unspecified atom stereocenters. The molecule has 0 fully saturated rings. The Morgan fingerprint density at radius 2 is 1.83 bits per heavy atom. The minimum atomic E-state index is -1.14. The monoisotopic (exact) mass is 354 g/mol. The first kappa shape index (κ1) is 15.1. The van der Waals surface area contributed by atoms with Crippen molar-refractivity contribution in [2.75, 3.05) is 5.32 Å². The van der Waals surface area contributed by atoms with Gasteiger partial charge in [0, 0.05) is 4.47 Å². The van der Waals surface area contributed by atoms with Crippen molar-refractivity contribution in [3.05, 3.63) is 26.7 Å². The normalized spacial score (nSPS) is 11.8. The highest BCUT2D eigenvalue weighted by Crippen LogP contribution is 2.33. The molecular formula is C10H9BrCl2N2O3. The summed E-state index contributed by atoms with van der Waals surface area (Å²) in [5, 5.41) is 13.7. The van der Waals surface area contributed by atoms with Crippen molar-refractivity contribution in [1.29, 1.82) is 0 Å². The van der Waals surface area contributed by atoms with Gasteiger partial charge < -0.3 is 15.7 Å². The number of hydrogen-bond acceptors (Lipinski definition) is 2. The first-order chi connectivity index (χ1) is 8.31. The van der Waals surface area contributed by atoms with Crippen molar-refractivity contribution in [2.45, 2.75) is 13.0 Å². The molecule has 0 aliphatic rings. The number of aliphatic carboxylic acids is 1. The van der Waals surface area contributed by atoms with Crippen molar-refractivity contribution in [2.24, 2.45) is 0 Å². The Labute approximate surface area is 122 Å². The van der Waals surface area contributed by atoms with E-state index in [1.54, 1.807) is 12.1 Å². The lowest BCUT2D eigenvalue weighted by molar-refractivity contribution is -0.138. The Hall–Kier alpha value is -0.980. The smallest absolute Gasteiger partial charge is 0.325 e. The number of hydrogen-bond donors (Lipinski definition) is 3. The molecule has 0 radical (unpaired) electrons. The van der Waals surface area contributed by atoms with Gasteiger partial charge in [-0.25, -0.2) is 4.79 Å². The zero-order valence-corrected chi connectivity index (χ0v) is 12.2. The van der Waals surface area contributed by atoms with E-state index in [1.165, 1.54) is 6.92 Å². The number of nitrogens with one attached hydrogen (secondary N) is 2. The van der Waals surface area contributed by atoms with Crippen LogP contribution in [0.25, 0.3) is 0 Å². The molecule has 5 nitrogen and oxygen atoms in total. The maximum atomic E-state index is 11.5. The highest BCUT2D eigenvalue weighted by Gasteiger charge is 2.16. The number of carbonyl (C=O) groups is 2. The standard InChI is InChI=1S/C10H9BrCl2N2O3/c1-4(9(16)17)14-10(18)15-8-6(12)2-5(11)3-7(8)13/h2-4H,1H3,(H,16,17)(H2,14,15,18). The minimum Gasteiger partial charge on any atom is -0.480 e. The molecule has 0 aromatic heterocycles. The largest absolute Gasteiger partial charge is 0.480 e. The molecule has 2 amide bonds. The fourth-order valence-electron chi connectivity index (χ4n) is 1.07. The van der Waals surface area contributed by atoms with Gasteiger partial charge in [0.15, 0.2) is 0 Å². The molecule has 3 N–H and O–H groups in total. The third kappa shape index (κ3) is 4.04. The summed E-state index contributed by atoms with van der Waals surface area (Å²) >= 11 is 15.0. The Morgan fingerprint density at radius 3 is 2.28 bits per heavy atom. The lowest BCUT2D eigenvalue weighted by atomic mass is 10.3. The Kier molecular flexibility index (Phi) is 5.25. The highest BCUT2D eigenvalue weighted by atomic mass is 79.9. The molecule has 1 aromatic rings. The number of amides is 2. The number of halogens is 3. The maximum Gasteiger partial charge on any atom is 0.325 e. The van der Waals surface area contributed by atoms with Gasteiger partial charge in [-0.2, -0.15) is 0 Å². The number of carbonyl (C=O) groups excluding carboxylic acids is 1. The fraction of sp³-hybridized carbons (Fsp3) is 0.200. The number of carboxylic acid groups (broad SMARTS) is 1. The Bertz CT molecular complexity index is 473. The van der Waals surface area contributed by atoms with Crippen LogP contribution in [0, 0.1) is 0 Å². The first-order valence-corrected chi connectivity index (χ1v) is 6.31. The van der Waals surface area contributed by atoms with E-state index in [1.807, 2.05) is 0 Å². The van der Waals surface area contributed by atoms with Gasteiger partial charge in [-0.1, -0.05) is 39.1 Å². The summed E-state index contributed by atoms with van der Waals surface area (Å²) in [5.41, 5.74) is 0.219. The van der Waals surface area contributed by atoms with Crippen molar-refractivity contribution >= 4 is 56.8 Å². The van der Waals surface area contributed by atoms with Gasteiger partial charge in [-0.05, 0) is 19.1 Å². The third-order valence-corrected chi connectivity index (χ3v) is 3.02. The zero-order chi connectivity index (χ0) is 13.9. The first-order valence-electron chi connectivity index (χ1n) is 4.76. The van der Waals surface area contributed by atoms with Crippen LogP contribution in [0.1, 0.15) is 6.92 Å². The van der Waals surface area contributed by atoms with E-state index in [4.69, 9.17) is 28.3 Å². The van der Waals surface area contributed by atoms with Crippen LogP contribution in [0.15, 0.2) is 16.6 Å². The predicted octanol–water partition coefficient (Wildman–Crippen LogP) is 3.35. The molecule has 98 valence electrons. The van der Waals surface area contributed by atoms with Crippen molar-refractivity contribution < 1.29 is 14.7 Å². The van der Waals surface area contributed by atoms with Crippen LogP contribution in [0.5, 0.6) is 0 Å². The van der Waals surface area contributed by atoms with Crippen LogP contribution < -0.4 is 10.6 Å². The fourth-order valence-corrected chi connectivity index (χ4v) is 2.37. The quantitative estimate of drug-likeness (QED) is 0.777. The lowest BCUT2D eigenvalue weighted by Gasteiger charge is -2.13. The van der Waals surface area contributed by atoms with E-state index in [0.717, 1.165) is 0 Å². The number of rotatable bonds is 3. The molecule has 8 heteroatoms. The van der Waals surface area contributed by atoms with Gasteiger partial charge in [-0.3, -0.25) is 4.79 Å². The molecule has 0 saturated carbocycles. The number of anilines is 1. The molecule has 0 aliphatic heterocycles. The number of carboxylic acids is 1. The summed E-state index contributed by atoms with van der Waals surface area (Å²) in [4.78, 5) is 22.1. The van der Waals surface area contributed by atoms with Crippen LogP contribution in [0.4, 0.5) is 10.5 Å². The predicted molar refractivity (Wildman–Crippen MR) is 73.4 cm³/mol. The molecule has 1 aromatic carbocycles. The molecule has 1 atom stereocenters. The summed E-state index contributed by atoms with van der Waals surface area (Å²) in [6.07, 6.45) is 0. The van der Waals surface area contributed by atoms with Crippen LogP contribution in [0.3, 0.4) is 0 Å². The summed E-state index contributed by atoms with van der Waals surface area (Å²) in [7, 11) is 0. The molecular weight excluding hydrogens is 347 g/mol. The van der Waals surface area contributed by atoms with Crippen LogP contribution in [-0.4, -0.2) is 23.1 Å². The van der Waals surface area contributed by atoms with Crippen molar-refractivity contribution in [3.63, 3.8) is 0 Å². The molecule has 0 saturated heterocycles. The van der Waals surface area contributed by atoms with E-state index >= 15 is 0 Å². The average molecular weight is 356 g/mol. The second-order valence-electron chi connectivity index (χ2n) is 3.40. The van der Waals surface area contributed by atoms with Gasteiger partial charge in [0.05, 0.1) is 15.7 Å². The Balaban J connectivity index is 2.80. The highest BCUT2D eigenvalue weighted by molar-refractivity contribution is 9.10. The second-order valence-corrected chi connectivity index (χ2v) is 5.13.